The molecule has 0 radical (unpaired) electrons. The number of H-pyrrole nitrogens is 1. The van der Waals surface area contributed by atoms with E-state index in [1.165, 1.54) is 4.90 Å². The highest BCUT2D eigenvalue weighted by atomic mass is 35.5. The van der Waals surface area contributed by atoms with Gasteiger partial charge in [0.1, 0.15) is 5.69 Å². The quantitative estimate of drug-likeness (QED) is 0.171. The predicted octanol–water partition coefficient (Wildman–Crippen LogP) is 4.46. The number of nitrogens with one attached hydrogen (secondary N) is 2. The van der Waals surface area contributed by atoms with Crippen LogP contribution in [0.5, 0.6) is 0 Å². The number of aromatic amines is 1. The zero-order chi connectivity index (χ0) is 36.8. The summed E-state index contributed by atoms with van der Waals surface area (Å²) in [5, 5.41) is 17.3. The lowest BCUT2D eigenvalue weighted by atomic mass is 9.81. The number of hydrogen-bond donors (Lipinski definition) is 4. The van der Waals surface area contributed by atoms with Gasteiger partial charge in [0.05, 0.1) is 11.7 Å². The fourth-order valence-corrected chi connectivity index (χ4v) is 7.55. The molecular weight excluding hydrogens is 692 g/mol. The molecule has 2 heterocycles. The standard InChI is InChI=1S/C39H50N10O3.ClH/c1-24-33(20-21-35(42-24)37(50)43-30-14-18-31(19-15-30)48(2)3)27-8-4-25(5-9-27)22-34(41)39(52)49(38(51)29-10-6-26(23-40)7-11-29)32-16-12-28(13-17-32)36-44-46-47-45-36;/h4-5,8-9,12-13,16-17,20-21,26,29-31,34H,6-7,10-11,14-15,18-19,22-23,40-41H2,1-3H3,(H,43,50)(H,44,45,46,47);1H/t26-,29-,30?,31?,34-;/m0./s1. The number of carbonyl (C=O) groups excluding carboxylic acids is 3. The molecule has 4 aromatic rings. The van der Waals surface area contributed by atoms with Gasteiger partial charge in [-0.25, -0.2) is 9.88 Å². The topological polar surface area (TPSA) is 189 Å². The van der Waals surface area contributed by atoms with Crippen molar-refractivity contribution < 1.29 is 14.4 Å². The Morgan fingerprint density at radius 1 is 0.887 bits per heavy atom. The van der Waals surface area contributed by atoms with Gasteiger partial charge < -0.3 is 21.7 Å². The molecule has 0 saturated heterocycles. The van der Waals surface area contributed by atoms with Crippen molar-refractivity contribution in [3.05, 3.63) is 77.6 Å². The number of hydrogen-bond acceptors (Lipinski definition) is 10. The minimum Gasteiger partial charge on any atom is -0.348 e. The van der Waals surface area contributed by atoms with Gasteiger partial charge in [-0.2, -0.15) is 5.21 Å². The van der Waals surface area contributed by atoms with E-state index in [-0.39, 0.29) is 42.6 Å². The number of aromatic nitrogens is 5. The summed E-state index contributed by atoms with van der Waals surface area (Å²) in [6.07, 6.45) is 7.39. The molecule has 0 spiro atoms. The maximum Gasteiger partial charge on any atom is 0.270 e. The summed E-state index contributed by atoms with van der Waals surface area (Å²) in [6, 6.07) is 18.3. The highest BCUT2D eigenvalue weighted by molar-refractivity contribution is 6.17. The van der Waals surface area contributed by atoms with E-state index in [1.54, 1.807) is 30.3 Å². The summed E-state index contributed by atoms with van der Waals surface area (Å²) in [5.41, 5.74) is 17.5. The average molecular weight is 743 g/mol. The number of aryl methyl sites for hydroxylation is 1. The first kappa shape index (κ1) is 39.6. The zero-order valence-corrected chi connectivity index (χ0v) is 31.5. The van der Waals surface area contributed by atoms with Crippen LogP contribution in [0.15, 0.2) is 60.7 Å². The molecule has 14 heteroatoms. The van der Waals surface area contributed by atoms with E-state index in [1.807, 2.05) is 37.3 Å². The number of rotatable bonds is 11. The Kier molecular flexibility index (Phi) is 13.4. The molecule has 2 aliphatic rings. The highest BCUT2D eigenvalue weighted by Crippen LogP contribution is 2.32. The highest BCUT2D eigenvalue weighted by Gasteiger charge is 2.35. The van der Waals surface area contributed by atoms with Gasteiger partial charge in [-0.1, -0.05) is 30.3 Å². The lowest BCUT2D eigenvalue weighted by molar-refractivity contribution is -0.130. The smallest absolute Gasteiger partial charge is 0.270 e. The van der Waals surface area contributed by atoms with Gasteiger partial charge in [0.2, 0.25) is 11.7 Å². The number of imide groups is 1. The van der Waals surface area contributed by atoms with Gasteiger partial charge in [0.25, 0.3) is 11.8 Å². The molecule has 2 aliphatic carbocycles. The monoisotopic (exact) mass is 742 g/mol. The van der Waals surface area contributed by atoms with Crippen LogP contribution in [0.1, 0.15) is 73.1 Å². The summed E-state index contributed by atoms with van der Waals surface area (Å²) in [6.45, 7) is 2.50. The number of anilines is 1. The molecule has 0 bridgehead atoms. The molecule has 3 amide bonds. The van der Waals surface area contributed by atoms with Crippen LogP contribution in [-0.4, -0.2) is 87.0 Å². The van der Waals surface area contributed by atoms with Gasteiger partial charge in [-0.05, 0) is 138 Å². The van der Waals surface area contributed by atoms with Crippen LogP contribution in [0.2, 0.25) is 0 Å². The van der Waals surface area contributed by atoms with Gasteiger partial charge in [-0.15, -0.1) is 22.6 Å². The van der Waals surface area contributed by atoms with E-state index in [0.29, 0.717) is 54.1 Å². The van der Waals surface area contributed by atoms with E-state index < -0.39 is 11.9 Å². The second-order valence-corrected chi connectivity index (χ2v) is 14.5. The zero-order valence-electron chi connectivity index (χ0n) is 30.7. The van der Waals surface area contributed by atoms with Crippen molar-refractivity contribution in [2.75, 3.05) is 25.5 Å². The SMILES string of the molecule is Cc1nc(C(=O)NC2CCC(N(C)C)CC2)ccc1-c1ccc(C[C@H](N)C(=O)N(c2ccc(-c3nn[nH]n3)cc2)C(=O)[C@H]2CC[C@H](CN)CC2)cc1.Cl. The molecule has 282 valence electrons. The van der Waals surface area contributed by atoms with Crippen LogP contribution in [0.25, 0.3) is 22.5 Å². The fourth-order valence-electron chi connectivity index (χ4n) is 7.55. The molecule has 1 atom stereocenters. The molecule has 13 nitrogen and oxygen atoms in total. The number of nitrogens with two attached hydrogens (primary N) is 2. The molecule has 2 saturated carbocycles. The van der Waals surface area contributed by atoms with Crippen molar-refractivity contribution in [1.29, 1.82) is 0 Å². The number of nitrogens with zero attached hydrogens (tertiary/aromatic N) is 6. The van der Waals surface area contributed by atoms with E-state index in [9.17, 15) is 14.4 Å². The number of benzene rings is 2. The van der Waals surface area contributed by atoms with Crippen LogP contribution >= 0.6 is 12.4 Å². The summed E-state index contributed by atoms with van der Waals surface area (Å²) >= 11 is 0. The molecule has 2 aromatic heterocycles. The lowest BCUT2D eigenvalue weighted by Crippen LogP contribution is -2.50. The predicted molar refractivity (Wildman–Crippen MR) is 207 cm³/mol. The number of pyridine rings is 1. The van der Waals surface area contributed by atoms with Crippen molar-refractivity contribution in [3.8, 4) is 22.5 Å². The second-order valence-electron chi connectivity index (χ2n) is 14.5. The normalized spacial score (nSPS) is 20.6. The van der Waals surface area contributed by atoms with E-state index >= 15 is 0 Å². The van der Waals surface area contributed by atoms with Crippen molar-refractivity contribution in [3.63, 3.8) is 0 Å². The van der Waals surface area contributed by atoms with Crippen molar-refractivity contribution >= 4 is 35.8 Å². The van der Waals surface area contributed by atoms with Crippen molar-refractivity contribution in [2.24, 2.45) is 23.3 Å². The van der Waals surface area contributed by atoms with E-state index in [2.05, 4.69) is 49.9 Å². The van der Waals surface area contributed by atoms with Crippen LogP contribution < -0.4 is 21.7 Å². The molecule has 0 aliphatic heterocycles. The number of halogens is 1. The third-order valence-electron chi connectivity index (χ3n) is 10.8. The Morgan fingerprint density at radius 3 is 2.13 bits per heavy atom. The van der Waals surface area contributed by atoms with Crippen LogP contribution in [0, 0.1) is 18.8 Å². The first-order valence-electron chi connectivity index (χ1n) is 18.3. The lowest BCUT2D eigenvalue weighted by Gasteiger charge is -2.32. The summed E-state index contributed by atoms with van der Waals surface area (Å²) in [5.74, 6) is -0.315. The maximum atomic E-state index is 14.0. The first-order chi connectivity index (χ1) is 25.1. The Labute approximate surface area is 317 Å². The van der Waals surface area contributed by atoms with Gasteiger partial charge >= 0.3 is 0 Å². The largest absolute Gasteiger partial charge is 0.348 e. The summed E-state index contributed by atoms with van der Waals surface area (Å²) < 4.78 is 0. The Balaban J connectivity index is 0.00000541. The number of carbonyl (C=O) groups is 3. The third-order valence-corrected chi connectivity index (χ3v) is 10.8. The summed E-state index contributed by atoms with van der Waals surface area (Å²) in [7, 11) is 4.22. The van der Waals surface area contributed by atoms with Gasteiger partial charge in [-0.3, -0.25) is 14.4 Å². The molecule has 6 N–H and O–H groups in total. The maximum absolute atomic E-state index is 14.0. The second kappa shape index (κ2) is 18.0. The molecule has 6 rings (SSSR count). The van der Waals surface area contributed by atoms with Gasteiger partial charge in [0.15, 0.2) is 0 Å². The average Bonchev–Trinajstić information content (AvgIpc) is 3.71. The van der Waals surface area contributed by atoms with Crippen LogP contribution in [-0.2, 0) is 16.0 Å². The van der Waals surface area contributed by atoms with E-state index in [0.717, 1.165) is 60.9 Å². The van der Waals surface area contributed by atoms with Crippen LogP contribution in [0.4, 0.5) is 5.69 Å². The Morgan fingerprint density at radius 2 is 1.55 bits per heavy atom. The van der Waals surface area contributed by atoms with Crippen LogP contribution in [0.3, 0.4) is 0 Å². The number of amides is 3. The van der Waals surface area contributed by atoms with E-state index in [4.69, 9.17) is 11.5 Å². The number of tetrazole rings is 1. The first-order valence-corrected chi connectivity index (χ1v) is 18.3. The fraction of sp³-hybridized carbons (Fsp3) is 0.462. The van der Waals surface area contributed by atoms with Gasteiger partial charge in [0, 0.05) is 34.8 Å². The van der Waals surface area contributed by atoms with Crippen molar-refractivity contribution in [1.82, 2.24) is 35.8 Å². The Hall–Kier alpha value is -4.56. The summed E-state index contributed by atoms with van der Waals surface area (Å²) in [4.78, 5) is 49.2. The van der Waals surface area contributed by atoms with Crippen molar-refractivity contribution in [2.45, 2.75) is 82.8 Å². The minimum atomic E-state index is -0.953. The molecule has 0 unspecified atom stereocenters. The molecule has 2 fully saturated rings. The third kappa shape index (κ3) is 9.52. The Bertz CT molecular complexity index is 1820. The molecule has 53 heavy (non-hydrogen) atoms. The molecule has 2 aromatic carbocycles. The minimum absolute atomic E-state index is 0. The molecular formula is C39H51ClN10O3.